The number of nitrogens with one attached hydrogen (secondary N) is 1. The standard InChI is InChI=1S/C17H14ClN5O2/c1-25-14-4-2-13(3-5-14)23-17(24)16(18)15(11-21-23)22-20-10-12-6-8-19-9-7-12/h2-11,22H,1H3/b20-10-. The second-order valence-corrected chi connectivity index (χ2v) is 5.32. The van der Waals surface area contributed by atoms with Crippen LogP contribution in [0.15, 0.2) is 64.9 Å². The lowest BCUT2D eigenvalue weighted by atomic mass is 10.3. The molecule has 25 heavy (non-hydrogen) atoms. The monoisotopic (exact) mass is 355 g/mol. The molecule has 0 fully saturated rings. The fourth-order valence-corrected chi connectivity index (χ4v) is 2.22. The average molecular weight is 356 g/mol. The molecular formula is C17H14ClN5O2. The van der Waals surface area contributed by atoms with Gasteiger partial charge in [0.15, 0.2) is 0 Å². The van der Waals surface area contributed by atoms with Gasteiger partial charge in [-0.05, 0) is 42.0 Å². The average Bonchev–Trinajstić information content (AvgIpc) is 2.66. The molecular weight excluding hydrogens is 342 g/mol. The molecule has 0 saturated carbocycles. The van der Waals surface area contributed by atoms with Crippen LogP contribution in [0.25, 0.3) is 5.69 Å². The molecule has 8 heteroatoms. The minimum absolute atomic E-state index is 0.00213. The first-order chi connectivity index (χ1) is 12.2. The summed E-state index contributed by atoms with van der Waals surface area (Å²) in [6.07, 6.45) is 6.35. The molecule has 2 aromatic heterocycles. The van der Waals surface area contributed by atoms with Crippen LogP contribution in [0.1, 0.15) is 5.56 Å². The lowest BCUT2D eigenvalue weighted by Crippen LogP contribution is -2.22. The Morgan fingerprint density at radius 1 is 1.20 bits per heavy atom. The molecule has 3 aromatic rings. The molecule has 0 radical (unpaired) electrons. The predicted molar refractivity (Wildman–Crippen MR) is 96.8 cm³/mol. The summed E-state index contributed by atoms with van der Waals surface area (Å²) in [6.45, 7) is 0. The van der Waals surface area contributed by atoms with Gasteiger partial charge in [0.1, 0.15) is 16.5 Å². The Hall–Kier alpha value is -3.19. The number of aromatic nitrogens is 3. The van der Waals surface area contributed by atoms with Crippen LogP contribution in [-0.4, -0.2) is 28.1 Å². The van der Waals surface area contributed by atoms with E-state index in [-0.39, 0.29) is 5.02 Å². The van der Waals surface area contributed by atoms with Gasteiger partial charge in [0.25, 0.3) is 5.56 Å². The number of anilines is 1. The molecule has 0 unspecified atom stereocenters. The maximum absolute atomic E-state index is 12.4. The van der Waals surface area contributed by atoms with Crippen LogP contribution in [0.2, 0.25) is 5.02 Å². The molecule has 1 N–H and O–H groups in total. The van der Waals surface area contributed by atoms with Gasteiger partial charge in [-0.15, -0.1) is 0 Å². The van der Waals surface area contributed by atoms with Gasteiger partial charge in [-0.3, -0.25) is 15.2 Å². The van der Waals surface area contributed by atoms with Crippen LogP contribution in [0.5, 0.6) is 5.75 Å². The van der Waals surface area contributed by atoms with Gasteiger partial charge in [0, 0.05) is 12.4 Å². The summed E-state index contributed by atoms with van der Waals surface area (Å²) in [6, 6.07) is 10.5. The molecule has 0 aliphatic carbocycles. The van der Waals surface area contributed by atoms with Crippen molar-refractivity contribution in [2.45, 2.75) is 0 Å². The molecule has 0 bridgehead atoms. The quantitative estimate of drug-likeness (QED) is 0.562. The lowest BCUT2D eigenvalue weighted by molar-refractivity contribution is 0.414. The maximum Gasteiger partial charge on any atom is 0.292 e. The van der Waals surface area contributed by atoms with Crippen molar-refractivity contribution in [3.05, 3.63) is 75.9 Å². The molecule has 0 aliphatic rings. The second kappa shape index (κ2) is 7.59. The van der Waals surface area contributed by atoms with Gasteiger partial charge in [-0.1, -0.05) is 11.6 Å². The van der Waals surface area contributed by atoms with Gasteiger partial charge in [-0.25, -0.2) is 0 Å². The molecule has 1 aromatic carbocycles. The van der Waals surface area contributed by atoms with Crippen LogP contribution < -0.4 is 15.7 Å². The van der Waals surface area contributed by atoms with Crippen LogP contribution in [0, 0.1) is 0 Å². The third-order valence-electron chi connectivity index (χ3n) is 3.34. The molecule has 0 aliphatic heterocycles. The highest BCUT2D eigenvalue weighted by molar-refractivity contribution is 6.32. The number of rotatable bonds is 5. The number of hydrazone groups is 1. The summed E-state index contributed by atoms with van der Waals surface area (Å²) in [4.78, 5) is 16.3. The fourth-order valence-electron chi connectivity index (χ4n) is 2.04. The van der Waals surface area contributed by atoms with E-state index in [4.69, 9.17) is 16.3 Å². The van der Waals surface area contributed by atoms with Gasteiger partial charge >= 0.3 is 0 Å². The van der Waals surface area contributed by atoms with Gasteiger partial charge in [0.05, 0.1) is 25.2 Å². The van der Waals surface area contributed by atoms with Crippen LogP contribution >= 0.6 is 11.6 Å². The minimum atomic E-state index is -0.448. The summed E-state index contributed by atoms with van der Waals surface area (Å²) < 4.78 is 6.30. The van der Waals surface area contributed by atoms with Crippen molar-refractivity contribution in [3.63, 3.8) is 0 Å². The molecule has 7 nitrogen and oxygen atoms in total. The van der Waals surface area contributed by atoms with Crippen molar-refractivity contribution in [3.8, 4) is 11.4 Å². The highest BCUT2D eigenvalue weighted by atomic mass is 35.5. The van der Waals surface area contributed by atoms with Crippen molar-refractivity contribution < 1.29 is 4.74 Å². The molecule has 2 heterocycles. The smallest absolute Gasteiger partial charge is 0.292 e. The van der Waals surface area contributed by atoms with E-state index < -0.39 is 5.56 Å². The van der Waals surface area contributed by atoms with Gasteiger partial charge in [-0.2, -0.15) is 14.9 Å². The summed E-state index contributed by atoms with van der Waals surface area (Å²) in [7, 11) is 1.57. The Morgan fingerprint density at radius 3 is 2.60 bits per heavy atom. The molecule has 0 spiro atoms. The summed E-state index contributed by atoms with van der Waals surface area (Å²) in [5.41, 5.74) is 4.04. The Balaban J connectivity index is 1.82. The van der Waals surface area contributed by atoms with E-state index in [1.807, 2.05) is 0 Å². The third-order valence-corrected chi connectivity index (χ3v) is 3.71. The Labute approximate surface area is 148 Å². The number of hydrogen-bond donors (Lipinski definition) is 1. The summed E-state index contributed by atoms with van der Waals surface area (Å²) >= 11 is 6.14. The lowest BCUT2D eigenvalue weighted by Gasteiger charge is -2.08. The van der Waals surface area contributed by atoms with E-state index in [1.54, 1.807) is 62.1 Å². The van der Waals surface area contributed by atoms with E-state index in [1.165, 1.54) is 10.9 Å². The van der Waals surface area contributed by atoms with Crippen LogP contribution in [-0.2, 0) is 0 Å². The Morgan fingerprint density at radius 2 is 1.92 bits per heavy atom. The van der Waals surface area contributed by atoms with Crippen molar-refractivity contribution >= 4 is 23.5 Å². The highest BCUT2D eigenvalue weighted by Gasteiger charge is 2.10. The highest BCUT2D eigenvalue weighted by Crippen LogP contribution is 2.18. The zero-order valence-corrected chi connectivity index (χ0v) is 14.0. The summed E-state index contributed by atoms with van der Waals surface area (Å²) in [5.74, 6) is 0.687. The Kier molecular flexibility index (Phi) is 5.06. The zero-order valence-electron chi connectivity index (χ0n) is 13.3. The van der Waals surface area contributed by atoms with Crippen LogP contribution in [0.3, 0.4) is 0 Å². The third kappa shape index (κ3) is 3.84. The second-order valence-electron chi connectivity index (χ2n) is 4.94. The minimum Gasteiger partial charge on any atom is -0.497 e. The zero-order chi connectivity index (χ0) is 17.6. The number of ether oxygens (including phenoxy) is 1. The maximum atomic E-state index is 12.4. The van der Waals surface area contributed by atoms with Crippen molar-refractivity contribution in [2.24, 2.45) is 5.10 Å². The van der Waals surface area contributed by atoms with E-state index in [0.29, 0.717) is 17.1 Å². The SMILES string of the molecule is COc1ccc(-n2ncc(N/N=C\c3ccncc3)c(Cl)c2=O)cc1. The number of pyridine rings is 1. The topological polar surface area (TPSA) is 81.4 Å². The molecule has 0 saturated heterocycles. The van der Waals surface area contributed by atoms with E-state index in [9.17, 15) is 4.79 Å². The van der Waals surface area contributed by atoms with Gasteiger partial charge < -0.3 is 4.74 Å². The van der Waals surface area contributed by atoms with Crippen molar-refractivity contribution in [1.82, 2.24) is 14.8 Å². The predicted octanol–water partition coefficient (Wildman–Crippen LogP) is 2.74. The number of nitrogens with zero attached hydrogens (tertiary/aromatic N) is 4. The number of hydrogen-bond acceptors (Lipinski definition) is 6. The van der Waals surface area contributed by atoms with Crippen molar-refractivity contribution in [1.29, 1.82) is 0 Å². The first-order valence-corrected chi connectivity index (χ1v) is 7.68. The largest absolute Gasteiger partial charge is 0.497 e. The van der Waals surface area contributed by atoms with E-state index in [2.05, 4.69) is 20.6 Å². The Bertz CT molecular complexity index is 940. The summed E-state index contributed by atoms with van der Waals surface area (Å²) in [5, 5.41) is 8.17. The van der Waals surface area contributed by atoms with Crippen LogP contribution in [0.4, 0.5) is 5.69 Å². The molecule has 126 valence electrons. The normalized spacial score (nSPS) is 10.8. The number of benzene rings is 1. The van der Waals surface area contributed by atoms with E-state index >= 15 is 0 Å². The molecule has 0 amide bonds. The fraction of sp³-hybridized carbons (Fsp3) is 0.0588. The van der Waals surface area contributed by atoms with Gasteiger partial charge in [0.2, 0.25) is 0 Å². The number of halogens is 1. The molecule has 3 rings (SSSR count). The van der Waals surface area contributed by atoms with E-state index in [0.717, 1.165) is 5.56 Å². The van der Waals surface area contributed by atoms with Crippen molar-refractivity contribution in [2.75, 3.05) is 12.5 Å². The number of methoxy groups -OCH3 is 1. The first kappa shape index (κ1) is 16.7. The molecule has 0 atom stereocenters. The first-order valence-electron chi connectivity index (χ1n) is 7.30.